The van der Waals surface area contributed by atoms with Crippen molar-refractivity contribution in [2.75, 3.05) is 7.11 Å². The van der Waals surface area contributed by atoms with Gasteiger partial charge in [-0.25, -0.2) is 4.99 Å². The van der Waals surface area contributed by atoms with Crippen molar-refractivity contribution in [3.63, 3.8) is 0 Å². The van der Waals surface area contributed by atoms with E-state index in [2.05, 4.69) is 9.98 Å². The summed E-state index contributed by atoms with van der Waals surface area (Å²) in [6, 6.07) is 3.73. The molecule has 19 heavy (non-hydrogen) atoms. The average Bonchev–Trinajstić information content (AvgIpc) is 2.25. The second kappa shape index (κ2) is 5.54. The highest BCUT2D eigenvalue weighted by molar-refractivity contribution is 7.86. The van der Waals surface area contributed by atoms with Crippen LogP contribution in [0.15, 0.2) is 33.1 Å². The van der Waals surface area contributed by atoms with E-state index in [1.807, 2.05) is 0 Å². The maximum absolute atomic E-state index is 11.2. The van der Waals surface area contributed by atoms with Crippen LogP contribution in [0.1, 0.15) is 0 Å². The molecule has 9 nitrogen and oxygen atoms in total. The summed E-state index contributed by atoms with van der Waals surface area (Å²) in [6.07, 6.45) is 0. The molecule has 7 N–H and O–H groups in total. The lowest BCUT2D eigenvalue weighted by Gasteiger charge is -2.05. The molecule has 0 amide bonds. The van der Waals surface area contributed by atoms with Gasteiger partial charge in [-0.15, -0.1) is 0 Å². The number of aliphatic imine (C=N–C) groups is 2. The first-order chi connectivity index (χ1) is 8.74. The third kappa shape index (κ3) is 4.12. The predicted octanol–water partition coefficient (Wildman–Crippen LogP) is -0.838. The molecule has 0 saturated heterocycles. The van der Waals surface area contributed by atoms with Gasteiger partial charge in [0, 0.05) is 6.07 Å². The van der Waals surface area contributed by atoms with Gasteiger partial charge in [-0.05, 0) is 12.1 Å². The number of hydrogen-bond donors (Lipinski definition) is 4. The van der Waals surface area contributed by atoms with Crippen LogP contribution in [0.2, 0.25) is 0 Å². The quantitative estimate of drug-likeness (QED) is 0.319. The van der Waals surface area contributed by atoms with Gasteiger partial charge in [-0.3, -0.25) is 4.55 Å². The Morgan fingerprint density at radius 1 is 1.32 bits per heavy atom. The Bertz CT molecular complexity index is 634. The van der Waals surface area contributed by atoms with E-state index in [1.54, 1.807) is 0 Å². The van der Waals surface area contributed by atoms with Crippen LogP contribution < -0.4 is 21.9 Å². The van der Waals surface area contributed by atoms with Gasteiger partial charge < -0.3 is 21.9 Å². The van der Waals surface area contributed by atoms with Crippen molar-refractivity contribution in [2.24, 2.45) is 27.2 Å². The van der Waals surface area contributed by atoms with Gasteiger partial charge in [0.1, 0.15) is 10.6 Å². The first-order valence-corrected chi connectivity index (χ1v) is 6.27. The molecule has 0 bridgehead atoms. The molecule has 104 valence electrons. The first-order valence-electron chi connectivity index (χ1n) is 4.83. The maximum atomic E-state index is 11.2. The van der Waals surface area contributed by atoms with Crippen LogP contribution in [0.5, 0.6) is 5.75 Å². The molecule has 0 heterocycles. The highest BCUT2D eigenvalue weighted by atomic mass is 32.2. The van der Waals surface area contributed by atoms with Crippen LogP contribution in [0.4, 0.5) is 5.69 Å². The van der Waals surface area contributed by atoms with E-state index in [-0.39, 0.29) is 17.6 Å². The largest absolute Gasteiger partial charge is 0.497 e. The van der Waals surface area contributed by atoms with E-state index in [1.165, 1.54) is 19.2 Å². The van der Waals surface area contributed by atoms with E-state index in [9.17, 15) is 8.42 Å². The maximum Gasteiger partial charge on any atom is 0.296 e. The third-order valence-corrected chi connectivity index (χ3v) is 2.82. The van der Waals surface area contributed by atoms with Gasteiger partial charge in [0.25, 0.3) is 10.1 Å². The van der Waals surface area contributed by atoms with Crippen molar-refractivity contribution in [1.82, 2.24) is 0 Å². The molecule has 0 unspecified atom stereocenters. The molecule has 1 aromatic carbocycles. The zero-order valence-electron chi connectivity index (χ0n) is 9.94. The van der Waals surface area contributed by atoms with Gasteiger partial charge in [-0.2, -0.15) is 13.4 Å². The van der Waals surface area contributed by atoms with Gasteiger partial charge in [0.15, 0.2) is 5.96 Å². The van der Waals surface area contributed by atoms with Crippen molar-refractivity contribution in [3.05, 3.63) is 18.2 Å². The molecule has 0 aliphatic heterocycles. The normalized spacial score (nSPS) is 12.0. The van der Waals surface area contributed by atoms with Crippen LogP contribution in [-0.2, 0) is 10.1 Å². The van der Waals surface area contributed by atoms with E-state index < -0.39 is 15.0 Å². The molecule has 0 spiro atoms. The van der Waals surface area contributed by atoms with Crippen molar-refractivity contribution >= 4 is 27.7 Å². The van der Waals surface area contributed by atoms with E-state index >= 15 is 0 Å². The summed E-state index contributed by atoms with van der Waals surface area (Å²) in [5, 5.41) is 0. The predicted molar refractivity (Wildman–Crippen MR) is 69.9 cm³/mol. The fourth-order valence-corrected chi connectivity index (χ4v) is 1.82. The van der Waals surface area contributed by atoms with Gasteiger partial charge in [-0.1, -0.05) is 0 Å². The topological polar surface area (TPSA) is 166 Å². The van der Waals surface area contributed by atoms with Crippen LogP contribution in [0, 0.1) is 0 Å². The van der Waals surface area contributed by atoms with Crippen molar-refractivity contribution in [2.45, 2.75) is 4.90 Å². The minimum atomic E-state index is -4.46. The number of nitrogens with two attached hydrogens (primary N) is 3. The number of hydrogen-bond acceptors (Lipinski definition) is 4. The first kappa shape index (κ1) is 14.7. The standard InChI is InChI=1S/C9H13N5O4S/c1-18-5-2-3-7(19(15,16)17)6(4-5)13-9(12)14-8(10)11/h2-4H,1H3,(H,15,16,17)(H6,10,11,12,13,14). The van der Waals surface area contributed by atoms with Crippen LogP contribution in [0.3, 0.4) is 0 Å². The number of rotatable bonds is 3. The molecule has 0 aromatic heterocycles. The minimum absolute atomic E-state index is 0.149. The summed E-state index contributed by atoms with van der Waals surface area (Å²) < 4.78 is 36.3. The minimum Gasteiger partial charge on any atom is -0.497 e. The monoisotopic (exact) mass is 287 g/mol. The molecular weight excluding hydrogens is 274 g/mol. The smallest absolute Gasteiger partial charge is 0.296 e. The van der Waals surface area contributed by atoms with Crippen molar-refractivity contribution in [1.29, 1.82) is 0 Å². The van der Waals surface area contributed by atoms with Crippen LogP contribution in [-0.4, -0.2) is 32.0 Å². The number of guanidine groups is 2. The second-order valence-corrected chi connectivity index (χ2v) is 4.71. The molecule has 1 aromatic rings. The molecule has 0 radical (unpaired) electrons. The van der Waals surface area contributed by atoms with Crippen LogP contribution in [0.25, 0.3) is 0 Å². The summed E-state index contributed by atoms with van der Waals surface area (Å²) >= 11 is 0. The summed E-state index contributed by atoms with van der Waals surface area (Å²) in [7, 11) is -3.08. The lowest BCUT2D eigenvalue weighted by molar-refractivity contribution is 0.414. The molecule has 1 rings (SSSR count). The average molecular weight is 287 g/mol. The van der Waals surface area contributed by atoms with E-state index in [4.69, 9.17) is 26.5 Å². The highest BCUT2D eigenvalue weighted by Gasteiger charge is 2.16. The van der Waals surface area contributed by atoms with E-state index in [0.29, 0.717) is 5.75 Å². The summed E-state index contributed by atoms with van der Waals surface area (Å²) in [5.41, 5.74) is 15.4. The van der Waals surface area contributed by atoms with Crippen LogP contribution >= 0.6 is 0 Å². The number of ether oxygens (including phenoxy) is 1. The molecule has 0 saturated carbocycles. The second-order valence-electron chi connectivity index (χ2n) is 3.32. The SMILES string of the molecule is COc1ccc(S(=O)(=O)O)c(N=C(N)N=C(N)N)c1. The molecule has 10 heteroatoms. The fourth-order valence-electron chi connectivity index (χ4n) is 1.21. The molecule has 0 atom stereocenters. The van der Waals surface area contributed by atoms with Crippen molar-refractivity contribution < 1.29 is 17.7 Å². The third-order valence-electron chi connectivity index (χ3n) is 1.92. The fraction of sp³-hybridized carbons (Fsp3) is 0.111. The van der Waals surface area contributed by atoms with Gasteiger partial charge in [0.2, 0.25) is 5.96 Å². The molecular formula is C9H13N5O4S. The molecule has 0 aliphatic rings. The van der Waals surface area contributed by atoms with Crippen molar-refractivity contribution in [3.8, 4) is 5.75 Å². The molecule has 0 aliphatic carbocycles. The summed E-state index contributed by atoms with van der Waals surface area (Å²) in [6.45, 7) is 0. The summed E-state index contributed by atoms with van der Waals surface area (Å²) in [4.78, 5) is 6.69. The number of benzene rings is 1. The Morgan fingerprint density at radius 3 is 2.42 bits per heavy atom. The summed E-state index contributed by atoms with van der Waals surface area (Å²) in [5.74, 6) is -0.376. The zero-order chi connectivity index (χ0) is 14.6. The highest BCUT2D eigenvalue weighted by Crippen LogP contribution is 2.28. The number of methoxy groups -OCH3 is 1. The Hall–Kier alpha value is -2.33. The lowest BCUT2D eigenvalue weighted by Crippen LogP contribution is -2.26. The van der Waals surface area contributed by atoms with Gasteiger partial charge in [0.05, 0.1) is 12.8 Å². The molecule has 0 fully saturated rings. The number of nitrogens with zero attached hydrogens (tertiary/aromatic N) is 2. The Labute approximate surface area is 109 Å². The lowest BCUT2D eigenvalue weighted by atomic mass is 10.3. The Kier molecular flexibility index (Phi) is 4.30. The van der Waals surface area contributed by atoms with Gasteiger partial charge >= 0.3 is 0 Å². The Morgan fingerprint density at radius 2 is 1.95 bits per heavy atom. The zero-order valence-corrected chi connectivity index (χ0v) is 10.8. The van der Waals surface area contributed by atoms with E-state index in [0.717, 1.165) is 6.07 Å². The Balaban J connectivity index is 3.43.